The van der Waals surface area contributed by atoms with Crippen LogP contribution < -0.4 is 15.5 Å². The number of esters is 1. The molecule has 2 heterocycles. The first-order valence-electron chi connectivity index (χ1n) is 14.5. The molecule has 2 N–H and O–H groups in total. The standard InChI is InChI=1S/C33H33N3O4S3/c1-40-32(38)30-23-13-4-2-3-5-16-26(23)43-31(30)35-29(37)20-41-22-12-10-11-21(19-22)34-33(39)36-24-14-6-8-17-27(24)42-28-18-9-7-15-25(28)36/h6-12,14-15,17-19,24,27H,2-5,13,16,20H2,1H3,(H,34,39)(H,35,37). The van der Waals surface area contributed by atoms with Crippen molar-refractivity contribution in [2.45, 2.75) is 59.6 Å². The molecule has 2 atom stereocenters. The molecule has 0 radical (unpaired) electrons. The van der Waals surface area contributed by atoms with Crippen LogP contribution >= 0.6 is 34.9 Å². The first kappa shape index (κ1) is 29.6. The van der Waals surface area contributed by atoms with Gasteiger partial charge in [0.15, 0.2) is 0 Å². The van der Waals surface area contributed by atoms with Gasteiger partial charge in [0.25, 0.3) is 0 Å². The number of benzene rings is 2. The largest absolute Gasteiger partial charge is 0.465 e. The Balaban J connectivity index is 1.12. The van der Waals surface area contributed by atoms with Crippen molar-refractivity contribution < 1.29 is 19.1 Å². The lowest BCUT2D eigenvalue weighted by atomic mass is 9.96. The maximum Gasteiger partial charge on any atom is 0.341 e. The van der Waals surface area contributed by atoms with Gasteiger partial charge in [-0.25, -0.2) is 9.59 Å². The number of para-hydroxylation sites is 1. The summed E-state index contributed by atoms with van der Waals surface area (Å²) in [5.74, 6) is -0.423. The summed E-state index contributed by atoms with van der Waals surface area (Å²) in [6.07, 6.45) is 14.4. The third kappa shape index (κ3) is 6.56. The van der Waals surface area contributed by atoms with Crippen molar-refractivity contribution in [3.63, 3.8) is 0 Å². The lowest BCUT2D eigenvalue weighted by Gasteiger charge is -2.40. The molecule has 43 heavy (non-hydrogen) atoms. The number of nitrogens with zero attached hydrogens (tertiary/aromatic N) is 1. The molecule has 10 heteroatoms. The Kier molecular flexibility index (Phi) is 9.25. The molecule has 0 fully saturated rings. The van der Waals surface area contributed by atoms with Gasteiger partial charge in [-0.2, -0.15) is 0 Å². The van der Waals surface area contributed by atoms with Gasteiger partial charge in [0, 0.05) is 20.4 Å². The van der Waals surface area contributed by atoms with E-state index in [1.807, 2.05) is 65.6 Å². The van der Waals surface area contributed by atoms with Crippen molar-refractivity contribution >= 4 is 69.1 Å². The van der Waals surface area contributed by atoms with Gasteiger partial charge in [0.1, 0.15) is 5.00 Å². The van der Waals surface area contributed by atoms with Crippen LogP contribution in [0.2, 0.25) is 0 Å². The summed E-state index contributed by atoms with van der Waals surface area (Å²) in [5.41, 5.74) is 3.09. The number of anilines is 3. The third-order valence-corrected chi connectivity index (χ3v) is 11.2. The Labute approximate surface area is 264 Å². The van der Waals surface area contributed by atoms with Gasteiger partial charge in [0.2, 0.25) is 5.91 Å². The predicted octanol–water partition coefficient (Wildman–Crippen LogP) is 7.93. The highest BCUT2D eigenvalue weighted by molar-refractivity contribution is 8.00. The summed E-state index contributed by atoms with van der Waals surface area (Å²) in [6.45, 7) is 0. The number of methoxy groups -OCH3 is 1. The number of thioether (sulfide) groups is 2. The minimum absolute atomic E-state index is 0.0855. The summed E-state index contributed by atoms with van der Waals surface area (Å²) in [5, 5.41) is 6.79. The number of hydrogen-bond donors (Lipinski definition) is 2. The molecular weight excluding hydrogens is 599 g/mol. The summed E-state index contributed by atoms with van der Waals surface area (Å²) in [6, 6.07) is 15.2. The number of aryl methyl sites for hydroxylation is 1. The lowest BCUT2D eigenvalue weighted by molar-refractivity contribution is -0.113. The number of rotatable bonds is 6. The molecule has 2 aromatic carbocycles. The van der Waals surface area contributed by atoms with Gasteiger partial charge in [-0.3, -0.25) is 9.69 Å². The number of urea groups is 1. The maximum atomic E-state index is 13.6. The Hall–Kier alpha value is -3.47. The molecular formula is C33H33N3O4S3. The SMILES string of the molecule is COC(=O)c1c(NC(=O)CSc2cccc(NC(=O)N3c4ccccc4SC4C=CC=CC43)c2)sc2c1CCCCCC2. The Morgan fingerprint density at radius 1 is 0.977 bits per heavy atom. The summed E-state index contributed by atoms with van der Waals surface area (Å²) in [7, 11) is 1.38. The lowest BCUT2D eigenvalue weighted by Crippen LogP contribution is -2.49. The highest BCUT2D eigenvalue weighted by Crippen LogP contribution is 2.44. The summed E-state index contributed by atoms with van der Waals surface area (Å²) in [4.78, 5) is 44.3. The topological polar surface area (TPSA) is 87.7 Å². The van der Waals surface area contributed by atoms with Crippen molar-refractivity contribution in [1.82, 2.24) is 0 Å². The van der Waals surface area contributed by atoms with Gasteiger partial charge in [-0.1, -0.05) is 55.3 Å². The molecule has 6 rings (SSSR count). The minimum atomic E-state index is -0.398. The van der Waals surface area contributed by atoms with E-state index in [4.69, 9.17) is 4.74 Å². The van der Waals surface area contributed by atoms with E-state index >= 15 is 0 Å². The average Bonchev–Trinajstić information content (AvgIpc) is 3.33. The zero-order valence-corrected chi connectivity index (χ0v) is 26.3. The van der Waals surface area contributed by atoms with E-state index in [0.717, 1.165) is 53.1 Å². The predicted molar refractivity (Wildman–Crippen MR) is 177 cm³/mol. The monoisotopic (exact) mass is 631 g/mol. The Morgan fingerprint density at radius 2 is 1.79 bits per heavy atom. The normalized spacial score (nSPS) is 18.9. The summed E-state index contributed by atoms with van der Waals surface area (Å²) < 4.78 is 5.09. The zero-order chi connectivity index (χ0) is 29.8. The second kappa shape index (κ2) is 13.4. The van der Waals surface area contributed by atoms with Crippen LogP contribution in [0.3, 0.4) is 0 Å². The van der Waals surface area contributed by atoms with Crippen LogP contribution in [0.5, 0.6) is 0 Å². The second-order valence-electron chi connectivity index (χ2n) is 10.6. The van der Waals surface area contributed by atoms with Crippen LogP contribution in [0.4, 0.5) is 21.2 Å². The van der Waals surface area contributed by atoms with Crippen LogP contribution in [0.15, 0.2) is 82.6 Å². The number of allylic oxidation sites excluding steroid dienone is 2. The van der Waals surface area contributed by atoms with Crippen molar-refractivity contribution in [1.29, 1.82) is 0 Å². The van der Waals surface area contributed by atoms with E-state index in [-0.39, 0.29) is 29.0 Å². The Bertz CT molecular complexity index is 1600. The van der Waals surface area contributed by atoms with Crippen molar-refractivity contribution in [2.75, 3.05) is 28.4 Å². The molecule has 2 unspecified atom stereocenters. The molecule has 0 spiro atoms. The van der Waals surface area contributed by atoms with Crippen molar-refractivity contribution in [2.24, 2.45) is 0 Å². The summed E-state index contributed by atoms with van der Waals surface area (Å²) >= 11 is 4.65. The molecule has 0 bridgehead atoms. The Morgan fingerprint density at radius 3 is 2.65 bits per heavy atom. The average molecular weight is 632 g/mol. The molecule has 7 nitrogen and oxygen atoms in total. The van der Waals surface area contributed by atoms with Crippen molar-refractivity contribution in [3.8, 4) is 0 Å². The molecule has 0 saturated carbocycles. The van der Waals surface area contributed by atoms with Gasteiger partial charge >= 0.3 is 12.0 Å². The van der Waals surface area contributed by atoms with Gasteiger partial charge < -0.3 is 15.4 Å². The van der Waals surface area contributed by atoms with Crippen LogP contribution in [0, 0.1) is 0 Å². The van der Waals surface area contributed by atoms with Crippen LogP contribution in [0.1, 0.15) is 46.5 Å². The van der Waals surface area contributed by atoms with E-state index < -0.39 is 5.97 Å². The van der Waals surface area contributed by atoms with Crippen molar-refractivity contribution in [3.05, 3.63) is 88.8 Å². The number of carbonyl (C=O) groups excluding carboxylic acids is 3. The molecule has 0 saturated heterocycles. The molecule has 222 valence electrons. The molecule has 1 aliphatic heterocycles. The molecule has 2 aliphatic carbocycles. The third-order valence-electron chi connectivity index (χ3n) is 7.73. The maximum absolute atomic E-state index is 13.6. The first-order chi connectivity index (χ1) is 21.0. The van der Waals surface area contributed by atoms with E-state index in [1.165, 1.54) is 41.5 Å². The van der Waals surface area contributed by atoms with Crippen LogP contribution in [-0.2, 0) is 22.4 Å². The molecule has 3 aromatic rings. The molecule has 3 aliphatic rings. The number of thiophene rings is 1. The fraction of sp³-hybridized carbons (Fsp3) is 0.303. The van der Waals surface area contributed by atoms with Crippen LogP contribution in [0.25, 0.3) is 0 Å². The highest BCUT2D eigenvalue weighted by atomic mass is 32.2. The number of nitrogens with one attached hydrogen (secondary N) is 2. The van der Waals surface area contributed by atoms with E-state index in [9.17, 15) is 14.4 Å². The van der Waals surface area contributed by atoms with Crippen LogP contribution in [-0.4, -0.2) is 42.1 Å². The zero-order valence-electron chi connectivity index (χ0n) is 23.8. The fourth-order valence-electron chi connectivity index (χ4n) is 5.71. The van der Waals surface area contributed by atoms with E-state index in [0.29, 0.717) is 16.3 Å². The first-order valence-corrected chi connectivity index (χ1v) is 17.2. The number of hydrogen-bond acceptors (Lipinski definition) is 7. The van der Waals surface area contributed by atoms with E-state index in [1.54, 1.807) is 11.8 Å². The second-order valence-corrected chi connectivity index (χ2v) is 14.0. The fourth-order valence-corrected chi connectivity index (χ4v) is 9.02. The number of carbonyl (C=O) groups is 3. The smallest absolute Gasteiger partial charge is 0.341 e. The number of amides is 3. The minimum Gasteiger partial charge on any atom is -0.465 e. The number of ether oxygens (including phenoxy) is 1. The quantitative estimate of drug-likeness (QED) is 0.212. The van der Waals surface area contributed by atoms with Gasteiger partial charge in [0.05, 0.1) is 35.4 Å². The highest BCUT2D eigenvalue weighted by Gasteiger charge is 2.36. The van der Waals surface area contributed by atoms with Gasteiger partial charge in [-0.05, 0) is 61.6 Å². The molecule has 3 amide bonds. The van der Waals surface area contributed by atoms with Gasteiger partial charge in [-0.15, -0.1) is 34.9 Å². The van der Waals surface area contributed by atoms with E-state index in [2.05, 4.69) is 22.8 Å². The number of fused-ring (bicyclic) bond motifs is 3. The molecule has 1 aromatic heterocycles.